The molecule has 1 amide bonds. The summed E-state index contributed by atoms with van der Waals surface area (Å²) in [5.41, 5.74) is 1.39. The molecule has 0 saturated carbocycles. The number of para-hydroxylation sites is 1. The van der Waals surface area contributed by atoms with Crippen molar-refractivity contribution in [1.29, 1.82) is 0 Å². The summed E-state index contributed by atoms with van der Waals surface area (Å²) in [5.74, 6) is -0.356. The van der Waals surface area contributed by atoms with E-state index in [1.54, 1.807) is 24.0 Å². The molecule has 0 saturated heterocycles. The normalized spacial score (nSPS) is 20.6. The first kappa shape index (κ1) is 14.7. The molecule has 0 aromatic heterocycles. The van der Waals surface area contributed by atoms with E-state index in [-0.39, 0.29) is 18.1 Å². The third-order valence-corrected chi connectivity index (χ3v) is 4.17. The Morgan fingerprint density at radius 3 is 2.64 bits per heavy atom. The summed E-state index contributed by atoms with van der Waals surface area (Å²) in [6.45, 7) is 2.25. The first-order valence-electron chi connectivity index (χ1n) is 7.34. The van der Waals surface area contributed by atoms with Crippen LogP contribution >= 0.6 is 0 Å². The molecule has 22 heavy (non-hydrogen) atoms. The number of fused-ring (bicyclic) bond motifs is 1. The monoisotopic (exact) mass is 299 g/mol. The van der Waals surface area contributed by atoms with Crippen molar-refractivity contribution in [3.8, 4) is 0 Å². The number of halogens is 1. The van der Waals surface area contributed by atoms with E-state index < -0.39 is 5.60 Å². The minimum atomic E-state index is -0.913. The summed E-state index contributed by atoms with van der Waals surface area (Å²) >= 11 is 0. The van der Waals surface area contributed by atoms with Gasteiger partial charge in [0.1, 0.15) is 5.82 Å². The second kappa shape index (κ2) is 5.54. The Morgan fingerprint density at radius 1 is 1.23 bits per heavy atom. The summed E-state index contributed by atoms with van der Waals surface area (Å²) < 4.78 is 12.9. The maximum absolute atomic E-state index is 12.9. The lowest BCUT2D eigenvalue weighted by Gasteiger charge is -2.38. The molecule has 2 aromatic carbocycles. The number of rotatable bonds is 2. The van der Waals surface area contributed by atoms with Gasteiger partial charge in [-0.3, -0.25) is 4.79 Å². The van der Waals surface area contributed by atoms with Crippen LogP contribution in [-0.4, -0.2) is 17.6 Å². The summed E-state index contributed by atoms with van der Waals surface area (Å²) in [6, 6.07) is 13.4. The lowest BCUT2D eigenvalue weighted by atomic mass is 9.87. The van der Waals surface area contributed by atoms with Crippen molar-refractivity contribution in [2.45, 2.75) is 25.4 Å². The molecule has 0 fully saturated rings. The number of hydrogen-bond donors (Lipinski definition) is 1. The van der Waals surface area contributed by atoms with Crippen molar-refractivity contribution in [1.82, 2.24) is 0 Å². The highest BCUT2D eigenvalue weighted by Crippen LogP contribution is 2.37. The smallest absolute Gasteiger partial charge is 0.231 e. The van der Waals surface area contributed by atoms with E-state index in [9.17, 15) is 14.3 Å². The minimum Gasteiger partial charge on any atom is -0.385 e. The van der Waals surface area contributed by atoms with Gasteiger partial charge in [0.05, 0.1) is 12.0 Å². The van der Waals surface area contributed by atoms with Gasteiger partial charge in [-0.25, -0.2) is 4.39 Å². The van der Waals surface area contributed by atoms with Crippen LogP contribution in [-0.2, 0) is 16.8 Å². The number of carbonyl (C=O) groups is 1. The van der Waals surface area contributed by atoms with Crippen molar-refractivity contribution in [3.05, 3.63) is 65.5 Å². The second-order valence-corrected chi connectivity index (χ2v) is 5.89. The average molecular weight is 299 g/mol. The van der Waals surface area contributed by atoms with Crippen LogP contribution in [0.3, 0.4) is 0 Å². The maximum Gasteiger partial charge on any atom is 0.231 e. The van der Waals surface area contributed by atoms with E-state index in [1.807, 2.05) is 24.3 Å². The summed E-state index contributed by atoms with van der Waals surface area (Å²) in [5, 5.41) is 10.5. The molecular weight excluding hydrogens is 281 g/mol. The highest BCUT2D eigenvalue weighted by Gasteiger charge is 2.34. The Morgan fingerprint density at radius 2 is 1.91 bits per heavy atom. The molecular formula is C18H18FNO2. The van der Waals surface area contributed by atoms with Crippen molar-refractivity contribution in [2.75, 3.05) is 11.4 Å². The second-order valence-electron chi connectivity index (χ2n) is 5.89. The van der Waals surface area contributed by atoms with E-state index in [2.05, 4.69) is 0 Å². The quantitative estimate of drug-likeness (QED) is 0.926. The van der Waals surface area contributed by atoms with Gasteiger partial charge in [-0.1, -0.05) is 30.3 Å². The molecule has 3 rings (SSSR count). The van der Waals surface area contributed by atoms with Crippen molar-refractivity contribution in [2.24, 2.45) is 0 Å². The van der Waals surface area contributed by atoms with Crippen LogP contribution in [0.5, 0.6) is 0 Å². The molecule has 1 N–H and O–H groups in total. The van der Waals surface area contributed by atoms with Crippen LogP contribution in [0, 0.1) is 5.82 Å². The molecule has 4 heteroatoms. The first-order chi connectivity index (χ1) is 10.5. The molecule has 2 aromatic rings. The third kappa shape index (κ3) is 2.74. The average Bonchev–Trinajstić information content (AvgIpc) is 2.50. The molecule has 114 valence electrons. The van der Waals surface area contributed by atoms with Gasteiger partial charge in [0.25, 0.3) is 0 Å². The zero-order chi connectivity index (χ0) is 15.7. The van der Waals surface area contributed by atoms with Crippen LogP contribution in [0.4, 0.5) is 10.1 Å². The number of nitrogens with zero attached hydrogens (tertiary/aromatic N) is 1. The van der Waals surface area contributed by atoms with Crippen LogP contribution in [0.2, 0.25) is 0 Å². The van der Waals surface area contributed by atoms with Gasteiger partial charge in [0.15, 0.2) is 0 Å². The Hall–Kier alpha value is -2.20. The SMILES string of the molecule is CC1(O)CCN(C(=O)Cc2ccc(F)cc2)c2ccccc21. The topological polar surface area (TPSA) is 40.5 Å². The van der Waals surface area contributed by atoms with Crippen molar-refractivity contribution < 1.29 is 14.3 Å². The zero-order valence-corrected chi connectivity index (χ0v) is 12.4. The zero-order valence-electron chi connectivity index (χ0n) is 12.4. The van der Waals surface area contributed by atoms with Gasteiger partial charge in [-0.15, -0.1) is 0 Å². The fourth-order valence-electron chi connectivity index (χ4n) is 2.88. The van der Waals surface area contributed by atoms with Gasteiger partial charge in [-0.05, 0) is 37.1 Å². The van der Waals surface area contributed by atoms with Crippen molar-refractivity contribution >= 4 is 11.6 Å². The van der Waals surface area contributed by atoms with E-state index in [1.165, 1.54) is 12.1 Å². The molecule has 3 nitrogen and oxygen atoms in total. The Kier molecular flexibility index (Phi) is 3.71. The van der Waals surface area contributed by atoms with Gasteiger partial charge in [0, 0.05) is 17.8 Å². The van der Waals surface area contributed by atoms with Gasteiger partial charge < -0.3 is 10.0 Å². The lowest BCUT2D eigenvalue weighted by Crippen LogP contribution is -2.42. The number of hydrogen-bond acceptors (Lipinski definition) is 2. The third-order valence-electron chi connectivity index (χ3n) is 4.17. The Balaban J connectivity index is 1.86. The molecule has 1 atom stereocenters. The first-order valence-corrected chi connectivity index (χ1v) is 7.34. The van der Waals surface area contributed by atoms with Crippen LogP contribution in [0.15, 0.2) is 48.5 Å². The van der Waals surface area contributed by atoms with Crippen LogP contribution in [0.1, 0.15) is 24.5 Å². The highest BCUT2D eigenvalue weighted by molar-refractivity contribution is 5.96. The maximum atomic E-state index is 12.9. The standard InChI is InChI=1S/C18H18FNO2/c1-18(22)10-11-20(16-5-3-2-4-15(16)18)17(21)12-13-6-8-14(19)9-7-13/h2-9,22H,10-12H2,1H3. The molecule has 1 aliphatic rings. The summed E-state index contributed by atoms with van der Waals surface area (Å²) in [6.07, 6.45) is 0.718. The van der Waals surface area contributed by atoms with E-state index >= 15 is 0 Å². The van der Waals surface area contributed by atoms with E-state index in [0.29, 0.717) is 13.0 Å². The largest absolute Gasteiger partial charge is 0.385 e. The molecule has 0 radical (unpaired) electrons. The minimum absolute atomic E-state index is 0.0467. The predicted molar refractivity (Wildman–Crippen MR) is 83.1 cm³/mol. The fraction of sp³-hybridized carbons (Fsp3) is 0.278. The van der Waals surface area contributed by atoms with E-state index in [0.717, 1.165) is 16.8 Å². The number of amides is 1. The molecule has 1 heterocycles. The number of benzene rings is 2. The highest BCUT2D eigenvalue weighted by atomic mass is 19.1. The van der Waals surface area contributed by atoms with Gasteiger partial charge >= 0.3 is 0 Å². The summed E-state index contributed by atoms with van der Waals surface area (Å²) in [7, 11) is 0. The van der Waals surface area contributed by atoms with Gasteiger partial charge in [0.2, 0.25) is 5.91 Å². The number of carbonyl (C=O) groups excluding carboxylic acids is 1. The summed E-state index contributed by atoms with van der Waals surface area (Å²) in [4.78, 5) is 14.3. The molecule has 0 bridgehead atoms. The predicted octanol–water partition coefficient (Wildman–Crippen LogP) is 3.01. The lowest BCUT2D eigenvalue weighted by molar-refractivity contribution is -0.118. The van der Waals surface area contributed by atoms with Gasteiger partial charge in [-0.2, -0.15) is 0 Å². The molecule has 0 aliphatic carbocycles. The molecule has 0 spiro atoms. The van der Waals surface area contributed by atoms with Crippen molar-refractivity contribution in [3.63, 3.8) is 0 Å². The van der Waals surface area contributed by atoms with E-state index in [4.69, 9.17) is 0 Å². The van der Waals surface area contributed by atoms with Crippen LogP contribution in [0.25, 0.3) is 0 Å². The molecule has 1 aliphatic heterocycles. The number of aliphatic hydroxyl groups is 1. The Labute approximate surface area is 129 Å². The number of anilines is 1. The fourth-order valence-corrected chi connectivity index (χ4v) is 2.88. The molecule has 1 unspecified atom stereocenters. The Bertz CT molecular complexity index is 694. The van der Waals surface area contributed by atoms with Crippen LogP contribution < -0.4 is 4.90 Å².